The Labute approximate surface area is 120 Å². The summed E-state index contributed by atoms with van der Waals surface area (Å²) in [7, 11) is 0. The molecule has 1 aromatic carbocycles. The third-order valence-electron chi connectivity index (χ3n) is 2.51. The Bertz CT molecular complexity index is 664. The van der Waals surface area contributed by atoms with Crippen molar-refractivity contribution in [2.24, 2.45) is 0 Å². The van der Waals surface area contributed by atoms with E-state index in [-0.39, 0.29) is 5.69 Å². The molecule has 6 heteroatoms. The normalized spacial score (nSPS) is 10.3. The summed E-state index contributed by atoms with van der Waals surface area (Å²) < 4.78 is 5.48. The maximum absolute atomic E-state index is 10.8. The fourth-order valence-electron chi connectivity index (χ4n) is 1.56. The second-order valence-corrected chi connectivity index (χ2v) is 4.77. The number of carboxylic acids is 1. The van der Waals surface area contributed by atoms with Crippen LogP contribution in [0.25, 0.3) is 11.3 Å². The molecule has 2 aromatic rings. The molecule has 0 unspecified atom stereocenters. The van der Waals surface area contributed by atoms with E-state index >= 15 is 0 Å². The van der Waals surface area contributed by atoms with Crippen LogP contribution in [-0.4, -0.2) is 27.9 Å². The molecular weight excluding hydrogens is 280 g/mol. The number of ether oxygens (including phenoxy) is 1. The van der Waals surface area contributed by atoms with E-state index in [0.29, 0.717) is 28.6 Å². The molecule has 1 aromatic heterocycles. The van der Waals surface area contributed by atoms with Crippen molar-refractivity contribution in [1.82, 2.24) is 10.2 Å². The first-order valence-electron chi connectivity index (χ1n) is 5.83. The molecule has 2 rings (SSSR count). The highest BCUT2D eigenvalue weighted by Gasteiger charge is 2.11. The minimum Gasteiger partial charge on any atom is -0.488 e. The lowest BCUT2D eigenvalue weighted by Gasteiger charge is -2.08. The smallest absolute Gasteiger partial charge is 0.353 e. The van der Waals surface area contributed by atoms with E-state index in [2.05, 4.69) is 16.8 Å². The number of halogens is 1. The van der Waals surface area contributed by atoms with E-state index in [1.54, 1.807) is 18.2 Å². The first-order chi connectivity index (χ1) is 9.47. The summed E-state index contributed by atoms with van der Waals surface area (Å²) in [5, 5.41) is 15.6. The molecule has 0 saturated heterocycles. The zero-order chi connectivity index (χ0) is 14.7. The van der Waals surface area contributed by atoms with Gasteiger partial charge in [0.1, 0.15) is 18.1 Å². The van der Waals surface area contributed by atoms with Crippen LogP contribution in [0.1, 0.15) is 17.4 Å². The molecule has 0 radical (unpaired) electrons. The summed E-state index contributed by atoms with van der Waals surface area (Å²) in [6, 6.07) is 6.61. The van der Waals surface area contributed by atoms with Gasteiger partial charge in [-0.2, -0.15) is 5.10 Å². The number of aromatic amines is 1. The molecule has 0 bridgehead atoms. The molecule has 0 aliphatic rings. The largest absolute Gasteiger partial charge is 0.488 e. The van der Waals surface area contributed by atoms with Crippen molar-refractivity contribution in [3.8, 4) is 17.0 Å². The molecule has 20 heavy (non-hydrogen) atoms. The second-order valence-electron chi connectivity index (χ2n) is 4.36. The third-order valence-corrected chi connectivity index (χ3v) is 2.81. The molecule has 0 fully saturated rings. The molecule has 2 N–H and O–H groups in total. The third kappa shape index (κ3) is 3.19. The first-order valence-corrected chi connectivity index (χ1v) is 6.21. The van der Waals surface area contributed by atoms with Crippen molar-refractivity contribution >= 4 is 17.6 Å². The van der Waals surface area contributed by atoms with E-state index in [1.165, 1.54) is 6.07 Å². The van der Waals surface area contributed by atoms with Crippen LogP contribution < -0.4 is 4.74 Å². The van der Waals surface area contributed by atoms with Crippen molar-refractivity contribution in [1.29, 1.82) is 0 Å². The predicted molar refractivity (Wildman–Crippen MR) is 76.3 cm³/mol. The van der Waals surface area contributed by atoms with Crippen molar-refractivity contribution in [2.45, 2.75) is 6.92 Å². The molecule has 104 valence electrons. The van der Waals surface area contributed by atoms with Crippen LogP contribution in [0.3, 0.4) is 0 Å². The van der Waals surface area contributed by atoms with Crippen LogP contribution >= 0.6 is 11.6 Å². The van der Waals surface area contributed by atoms with Gasteiger partial charge in [-0.25, -0.2) is 4.79 Å². The van der Waals surface area contributed by atoms with Crippen molar-refractivity contribution < 1.29 is 14.6 Å². The Kier molecular flexibility index (Phi) is 4.10. The van der Waals surface area contributed by atoms with Gasteiger partial charge in [-0.1, -0.05) is 18.2 Å². The van der Waals surface area contributed by atoms with Crippen LogP contribution in [0.2, 0.25) is 5.02 Å². The van der Waals surface area contributed by atoms with E-state index in [4.69, 9.17) is 21.4 Å². The first kappa shape index (κ1) is 14.1. The number of H-pyrrole nitrogens is 1. The average molecular weight is 293 g/mol. The molecular formula is C14H13ClN2O3. The van der Waals surface area contributed by atoms with Gasteiger partial charge in [-0.05, 0) is 36.8 Å². The number of hydrogen-bond donors (Lipinski definition) is 2. The standard InChI is InChI=1S/C14H13ClN2O3/c1-8(2)7-20-13-4-3-9(5-10(13)15)11-6-12(14(18)19)17-16-11/h3-6H,1,7H2,2H3,(H,16,17)(H,18,19). The van der Waals surface area contributed by atoms with Gasteiger partial charge in [0.25, 0.3) is 0 Å². The molecule has 0 spiro atoms. The number of aromatic carboxylic acids is 1. The number of aromatic nitrogens is 2. The Morgan fingerprint density at radius 3 is 2.80 bits per heavy atom. The minimum atomic E-state index is -1.06. The highest BCUT2D eigenvalue weighted by atomic mass is 35.5. The lowest BCUT2D eigenvalue weighted by Crippen LogP contribution is -1.98. The Balaban J connectivity index is 2.23. The van der Waals surface area contributed by atoms with Crippen molar-refractivity contribution in [3.05, 3.63) is 47.1 Å². The Morgan fingerprint density at radius 1 is 1.50 bits per heavy atom. The van der Waals surface area contributed by atoms with Crippen LogP contribution in [0, 0.1) is 0 Å². The van der Waals surface area contributed by atoms with E-state index in [1.807, 2.05) is 6.92 Å². The molecule has 0 saturated carbocycles. The number of carbonyl (C=O) groups is 1. The van der Waals surface area contributed by atoms with Gasteiger partial charge in [0.2, 0.25) is 0 Å². The molecule has 0 atom stereocenters. The van der Waals surface area contributed by atoms with Gasteiger partial charge in [-0.15, -0.1) is 0 Å². The van der Waals surface area contributed by atoms with Crippen molar-refractivity contribution in [3.63, 3.8) is 0 Å². The number of carboxylic acid groups (broad SMARTS) is 1. The number of hydrogen-bond acceptors (Lipinski definition) is 3. The summed E-state index contributed by atoms with van der Waals surface area (Å²) in [4.78, 5) is 10.8. The van der Waals surface area contributed by atoms with Gasteiger partial charge in [-0.3, -0.25) is 5.10 Å². The topological polar surface area (TPSA) is 75.2 Å². The van der Waals surface area contributed by atoms with Crippen LogP contribution in [-0.2, 0) is 0 Å². The second kappa shape index (κ2) is 5.79. The van der Waals surface area contributed by atoms with E-state index in [9.17, 15) is 4.79 Å². The quantitative estimate of drug-likeness (QED) is 0.828. The highest BCUT2D eigenvalue weighted by Crippen LogP contribution is 2.30. The van der Waals surface area contributed by atoms with Gasteiger partial charge in [0.05, 0.1) is 10.7 Å². The number of rotatable bonds is 5. The highest BCUT2D eigenvalue weighted by molar-refractivity contribution is 6.32. The van der Waals surface area contributed by atoms with Crippen LogP contribution in [0.4, 0.5) is 0 Å². The molecule has 0 aliphatic carbocycles. The van der Waals surface area contributed by atoms with Crippen molar-refractivity contribution in [2.75, 3.05) is 6.61 Å². The minimum absolute atomic E-state index is 0.0266. The molecule has 5 nitrogen and oxygen atoms in total. The zero-order valence-electron chi connectivity index (χ0n) is 10.8. The zero-order valence-corrected chi connectivity index (χ0v) is 11.6. The van der Waals surface area contributed by atoms with Gasteiger partial charge in [0, 0.05) is 5.56 Å². The number of nitrogens with one attached hydrogen (secondary N) is 1. The van der Waals surface area contributed by atoms with E-state index < -0.39 is 5.97 Å². The summed E-state index contributed by atoms with van der Waals surface area (Å²) in [5.41, 5.74) is 2.14. The maximum Gasteiger partial charge on any atom is 0.353 e. The summed E-state index contributed by atoms with van der Waals surface area (Å²) >= 11 is 6.12. The van der Waals surface area contributed by atoms with Gasteiger partial charge < -0.3 is 9.84 Å². The molecule has 0 amide bonds. The average Bonchev–Trinajstić information content (AvgIpc) is 2.86. The maximum atomic E-state index is 10.8. The fourth-order valence-corrected chi connectivity index (χ4v) is 1.79. The summed E-state index contributed by atoms with van der Waals surface area (Å²) in [6.45, 7) is 6.00. The Hall–Kier alpha value is -2.27. The fraction of sp³-hybridized carbons (Fsp3) is 0.143. The number of benzene rings is 1. The lowest BCUT2D eigenvalue weighted by molar-refractivity contribution is 0.0690. The lowest BCUT2D eigenvalue weighted by atomic mass is 10.1. The molecule has 0 aliphatic heterocycles. The van der Waals surface area contributed by atoms with Gasteiger partial charge >= 0.3 is 5.97 Å². The van der Waals surface area contributed by atoms with E-state index in [0.717, 1.165) is 5.57 Å². The summed E-state index contributed by atoms with van der Waals surface area (Å²) in [5.74, 6) is -0.510. The SMILES string of the molecule is C=C(C)COc1ccc(-c2cc(C(=O)O)[nH]n2)cc1Cl. The summed E-state index contributed by atoms with van der Waals surface area (Å²) in [6.07, 6.45) is 0. The van der Waals surface area contributed by atoms with Crippen LogP contribution in [0.15, 0.2) is 36.4 Å². The van der Waals surface area contributed by atoms with Crippen LogP contribution in [0.5, 0.6) is 5.75 Å². The monoisotopic (exact) mass is 292 g/mol. The molecule has 1 heterocycles. The van der Waals surface area contributed by atoms with Gasteiger partial charge in [0.15, 0.2) is 0 Å². The Morgan fingerprint density at radius 2 is 2.25 bits per heavy atom. The number of nitrogens with zero attached hydrogens (tertiary/aromatic N) is 1. The predicted octanol–water partition coefficient (Wildman–Crippen LogP) is 3.38.